The summed E-state index contributed by atoms with van der Waals surface area (Å²) in [5, 5.41) is 1.49. The highest BCUT2D eigenvalue weighted by Crippen LogP contribution is 2.47. The summed E-state index contributed by atoms with van der Waals surface area (Å²) >= 11 is 0. The number of alkyl halides is 3. The summed E-state index contributed by atoms with van der Waals surface area (Å²) in [5.74, 6) is -1.67. The summed E-state index contributed by atoms with van der Waals surface area (Å²) in [5.41, 5.74) is 0.873. The number of carbonyl (C=O) groups is 2. The number of furan rings is 1. The Morgan fingerprint density at radius 3 is 2.12 bits per heavy atom. The fourth-order valence-corrected chi connectivity index (χ4v) is 4.13. The lowest BCUT2D eigenvalue weighted by atomic mass is 9.94. The first-order valence-electron chi connectivity index (χ1n) is 9.87. The van der Waals surface area contributed by atoms with Crippen molar-refractivity contribution in [2.45, 2.75) is 25.2 Å². The van der Waals surface area contributed by atoms with Crippen LogP contribution in [0.1, 0.15) is 22.9 Å². The van der Waals surface area contributed by atoms with E-state index in [0.29, 0.717) is 11.4 Å². The number of rotatable bonds is 3. The topological polar surface area (TPSA) is 63.0 Å². The maximum Gasteiger partial charge on any atom is 0.416 e. The van der Waals surface area contributed by atoms with E-state index in [0.717, 1.165) is 34.7 Å². The lowest BCUT2D eigenvalue weighted by Crippen LogP contribution is -2.37. The predicted octanol–water partition coefficient (Wildman–Crippen LogP) is 4.66. The first-order valence-corrected chi connectivity index (χ1v) is 9.87. The van der Waals surface area contributed by atoms with Crippen molar-refractivity contribution in [1.82, 2.24) is 0 Å². The molecule has 0 unspecified atom stereocenters. The molecule has 0 bridgehead atoms. The molecule has 3 atom stereocenters. The molecular formula is C23H17F3N2O4. The number of aryl methyl sites for hydroxylation is 1. The van der Waals surface area contributed by atoms with Crippen LogP contribution >= 0.6 is 0 Å². The number of nitrogens with zero attached hydrogens (tertiary/aromatic N) is 2. The number of benzene rings is 2. The fraction of sp³-hybridized carbons (Fsp3) is 0.217. The molecule has 0 saturated carbocycles. The van der Waals surface area contributed by atoms with Crippen LogP contribution < -0.4 is 9.96 Å². The van der Waals surface area contributed by atoms with Crippen LogP contribution in [-0.4, -0.2) is 17.9 Å². The van der Waals surface area contributed by atoms with Gasteiger partial charge in [-0.2, -0.15) is 13.2 Å². The van der Waals surface area contributed by atoms with Gasteiger partial charge in [-0.3, -0.25) is 14.4 Å². The van der Waals surface area contributed by atoms with Crippen molar-refractivity contribution in [3.05, 3.63) is 83.8 Å². The first-order chi connectivity index (χ1) is 15.3. The van der Waals surface area contributed by atoms with E-state index in [1.807, 2.05) is 31.2 Å². The average Bonchev–Trinajstić information content (AvgIpc) is 3.46. The first kappa shape index (κ1) is 20.3. The molecule has 2 amide bonds. The van der Waals surface area contributed by atoms with Crippen molar-refractivity contribution in [3.63, 3.8) is 0 Å². The third-order valence-electron chi connectivity index (χ3n) is 5.69. The molecule has 2 aliphatic rings. The lowest BCUT2D eigenvalue weighted by Gasteiger charge is -2.27. The van der Waals surface area contributed by atoms with Gasteiger partial charge in [0.25, 0.3) is 5.91 Å². The number of fused-ring (bicyclic) bond motifs is 1. The second-order valence-corrected chi connectivity index (χ2v) is 7.73. The number of halogens is 3. The van der Waals surface area contributed by atoms with E-state index < -0.39 is 41.6 Å². The smallest absolute Gasteiger partial charge is 0.416 e. The van der Waals surface area contributed by atoms with Crippen LogP contribution in [0, 0.1) is 12.8 Å². The molecule has 2 aromatic carbocycles. The predicted molar refractivity (Wildman–Crippen MR) is 107 cm³/mol. The monoisotopic (exact) mass is 442 g/mol. The molecule has 3 heterocycles. The minimum Gasteiger partial charge on any atom is -0.467 e. The molecule has 1 aromatic heterocycles. The summed E-state index contributed by atoms with van der Waals surface area (Å²) in [4.78, 5) is 33.3. The highest BCUT2D eigenvalue weighted by Gasteiger charge is 2.61. The second-order valence-electron chi connectivity index (χ2n) is 7.73. The van der Waals surface area contributed by atoms with Gasteiger partial charge in [0.1, 0.15) is 17.7 Å². The van der Waals surface area contributed by atoms with Crippen LogP contribution in [0.4, 0.5) is 24.5 Å². The van der Waals surface area contributed by atoms with Crippen molar-refractivity contribution >= 4 is 23.2 Å². The number of anilines is 2. The molecule has 2 aliphatic heterocycles. The Bertz CT molecular complexity index is 1160. The summed E-state index contributed by atoms with van der Waals surface area (Å²) in [7, 11) is 0. The van der Waals surface area contributed by atoms with E-state index in [-0.39, 0.29) is 5.69 Å². The van der Waals surface area contributed by atoms with E-state index >= 15 is 0 Å². The Hall–Kier alpha value is -3.59. The Kier molecular flexibility index (Phi) is 4.59. The standard InChI is InChI=1S/C23H17F3N2O4/c1-13-4-8-16(9-5-13)28-19(17-3-2-12-31-17)18-20(32-28)22(30)27(21(18)29)15-10-6-14(7-11-15)23(24,25)26/h2-12,18-20H,1H3/t18-,19-,20+/m1/s1. The van der Waals surface area contributed by atoms with Crippen LogP contribution in [0.3, 0.4) is 0 Å². The van der Waals surface area contributed by atoms with Gasteiger partial charge < -0.3 is 4.42 Å². The molecule has 9 heteroatoms. The SMILES string of the molecule is Cc1ccc(N2O[C@@H]3C(=O)N(c4ccc(C(F)(F)F)cc4)C(=O)[C@@H]3[C@H]2c2ccco2)cc1. The van der Waals surface area contributed by atoms with Crippen LogP contribution in [0.25, 0.3) is 0 Å². The van der Waals surface area contributed by atoms with Gasteiger partial charge in [0.15, 0.2) is 6.10 Å². The molecule has 6 nitrogen and oxygen atoms in total. The second kappa shape index (κ2) is 7.23. The van der Waals surface area contributed by atoms with Gasteiger partial charge in [-0.15, -0.1) is 0 Å². The molecule has 2 saturated heterocycles. The highest BCUT2D eigenvalue weighted by atomic mass is 19.4. The summed E-state index contributed by atoms with van der Waals surface area (Å²) in [6, 6.07) is 13.9. The van der Waals surface area contributed by atoms with E-state index in [9.17, 15) is 22.8 Å². The molecule has 164 valence electrons. The third kappa shape index (κ3) is 3.16. The molecule has 3 aromatic rings. The Morgan fingerprint density at radius 1 is 0.875 bits per heavy atom. The van der Waals surface area contributed by atoms with Gasteiger partial charge in [0, 0.05) is 0 Å². The average molecular weight is 442 g/mol. The van der Waals surface area contributed by atoms with Crippen molar-refractivity contribution < 1.29 is 32.0 Å². The van der Waals surface area contributed by atoms with Gasteiger partial charge in [-0.1, -0.05) is 17.7 Å². The molecule has 5 rings (SSSR count). The van der Waals surface area contributed by atoms with Crippen LogP contribution in [0.15, 0.2) is 71.3 Å². The largest absolute Gasteiger partial charge is 0.467 e. The number of carbonyl (C=O) groups excluding carboxylic acids is 2. The normalized spacial score (nSPS) is 23.2. The van der Waals surface area contributed by atoms with E-state index in [1.54, 1.807) is 12.1 Å². The summed E-state index contributed by atoms with van der Waals surface area (Å²) < 4.78 is 44.2. The van der Waals surface area contributed by atoms with Crippen molar-refractivity contribution in [1.29, 1.82) is 0 Å². The third-order valence-corrected chi connectivity index (χ3v) is 5.69. The Labute approximate surface area is 180 Å². The van der Waals surface area contributed by atoms with Gasteiger partial charge in [-0.25, -0.2) is 9.96 Å². The molecular weight excluding hydrogens is 425 g/mol. The molecule has 32 heavy (non-hydrogen) atoms. The van der Waals surface area contributed by atoms with Crippen molar-refractivity contribution in [2.75, 3.05) is 9.96 Å². The molecule has 0 radical (unpaired) electrons. The van der Waals surface area contributed by atoms with Crippen molar-refractivity contribution in [3.8, 4) is 0 Å². The Morgan fingerprint density at radius 2 is 1.53 bits per heavy atom. The maximum absolute atomic E-state index is 13.4. The van der Waals surface area contributed by atoms with E-state index in [4.69, 9.17) is 9.25 Å². The maximum atomic E-state index is 13.4. The van der Waals surface area contributed by atoms with Gasteiger partial charge in [-0.05, 0) is 55.5 Å². The van der Waals surface area contributed by atoms with Crippen LogP contribution in [-0.2, 0) is 20.6 Å². The zero-order chi connectivity index (χ0) is 22.6. The number of hydroxylamine groups is 1. The quantitative estimate of drug-likeness (QED) is 0.553. The number of imide groups is 1. The van der Waals surface area contributed by atoms with Gasteiger partial charge in [0.05, 0.1) is 23.2 Å². The molecule has 2 fully saturated rings. The van der Waals surface area contributed by atoms with Gasteiger partial charge in [0.2, 0.25) is 5.91 Å². The zero-order valence-corrected chi connectivity index (χ0v) is 16.7. The Balaban J connectivity index is 1.51. The summed E-state index contributed by atoms with van der Waals surface area (Å²) in [6.45, 7) is 1.93. The number of hydrogen-bond donors (Lipinski definition) is 0. The van der Waals surface area contributed by atoms with Crippen molar-refractivity contribution in [2.24, 2.45) is 5.92 Å². The molecule has 0 spiro atoms. The summed E-state index contributed by atoms with van der Waals surface area (Å²) in [6.07, 6.45) is -4.18. The zero-order valence-electron chi connectivity index (χ0n) is 16.7. The van der Waals surface area contributed by atoms with Crippen LogP contribution in [0.5, 0.6) is 0 Å². The minimum absolute atomic E-state index is 0.0612. The molecule has 0 N–H and O–H groups in total. The number of amides is 2. The van der Waals surface area contributed by atoms with E-state index in [2.05, 4.69) is 0 Å². The highest BCUT2D eigenvalue weighted by molar-refractivity contribution is 6.23. The number of hydrogen-bond acceptors (Lipinski definition) is 5. The van der Waals surface area contributed by atoms with E-state index in [1.165, 1.54) is 11.3 Å². The fourth-order valence-electron chi connectivity index (χ4n) is 4.13. The van der Waals surface area contributed by atoms with Crippen LogP contribution in [0.2, 0.25) is 0 Å². The minimum atomic E-state index is -4.52. The van der Waals surface area contributed by atoms with Gasteiger partial charge >= 0.3 is 6.18 Å². The lowest BCUT2D eigenvalue weighted by molar-refractivity contribution is -0.137. The molecule has 0 aliphatic carbocycles.